The summed E-state index contributed by atoms with van der Waals surface area (Å²) in [5, 5.41) is 9.31. The molecule has 0 spiro atoms. The first-order valence-electron chi connectivity index (χ1n) is 3.01. The Morgan fingerprint density at radius 3 is 2.90 bits per heavy atom. The molecular weight excluding hydrogens is 148 g/mol. The molecule has 1 N–H and O–H groups in total. The van der Waals surface area contributed by atoms with Crippen LogP contribution in [-0.2, 0) is 6.61 Å². The molecule has 0 fully saturated rings. The maximum atomic E-state index is 8.70. The van der Waals surface area contributed by atoms with Gasteiger partial charge in [-0.25, -0.2) is 0 Å². The normalized spacial score (nSPS) is 9.90. The minimum Gasteiger partial charge on any atom is -0.392 e. The molecule has 0 aliphatic rings. The van der Waals surface area contributed by atoms with Gasteiger partial charge in [-0.2, -0.15) is 0 Å². The number of benzene rings is 1. The second-order valence-corrected chi connectivity index (χ2v) is 2.55. The molecule has 0 saturated carbocycles. The van der Waals surface area contributed by atoms with Crippen molar-refractivity contribution < 1.29 is 5.11 Å². The molecule has 0 aliphatic carbocycles. The summed E-state index contributed by atoms with van der Waals surface area (Å²) in [4.78, 5) is 0. The van der Waals surface area contributed by atoms with Crippen LogP contribution in [0, 0.1) is 13.0 Å². The largest absolute Gasteiger partial charge is 0.392 e. The van der Waals surface area contributed by atoms with Crippen molar-refractivity contribution in [2.75, 3.05) is 0 Å². The molecule has 0 heterocycles. The summed E-state index contributed by atoms with van der Waals surface area (Å²) in [6.45, 7) is 1.89. The number of aliphatic hydroxyl groups excluding tert-OH is 1. The van der Waals surface area contributed by atoms with E-state index in [2.05, 4.69) is 6.07 Å². The molecule has 1 aromatic carbocycles. The van der Waals surface area contributed by atoms with Gasteiger partial charge in [-0.05, 0) is 36.2 Å². The summed E-state index contributed by atoms with van der Waals surface area (Å²) in [6.07, 6.45) is 0. The van der Waals surface area contributed by atoms with Crippen LogP contribution in [0.4, 0.5) is 0 Å². The van der Waals surface area contributed by atoms with Gasteiger partial charge in [-0.1, -0.05) is 11.6 Å². The van der Waals surface area contributed by atoms with E-state index in [1.807, 2.05) is 6.92 Å². The van der Waals surface area contributed by atoms with Gasteiger partial charge < -0.3 is 5.11 Å². The average Bonchev–Trinajstić information content (AvgIpc) is 1.88. The van der Waals surface area contributed by atoms with Gasteiger partial charge in [0.25, 0.3) is 0 Å². The highest BCUT2D eigenvalue weighted by Crippen LogP contribution is 2.16. The van der Waals surface area contributed by atoms with Crippen molar-refractivity contribution in [3.05, 3.63) is 34.3 Å². The molecule has 0 saturated heterocycles. The zero-order valence-corrected chi connectivity index (χ0v) is 6.44. The van der Waals surface area contributed by atoms with Gasteiger partial charge in [-0.3, -0.25) is 0 Å². The first kappa shape index (κ1) is 7.58. The van der Waals surface area contributed by atoms with Crippen molar-refractivity contribution in [2.24, 2.45) is 0 Å². The highest BCUT2D eigenvalue weighted by molar-refractivity contribution is 6.31. The first-order chi connectivity index (χ1) is 4.74. The fourth-order valence-electron chi connectivity index (χ4n) is 0.716. The Hall–Kier alpha value is -0.530. The van der Waals surface area contributed by atoms with Crippen LogP contribution in [0.1, 0.15) is 11.1 Å². The van der Waals surface area contributed by atoms with Crippen LogP contribution in [-0.4, -0.2) is 5.11 Å². The van der Waals surface area contributed by atoms with Crippen molar-refractivity contribution in [2.45, 2.75) is 13.5 Å². The molecule has 2 heteroatoms. The summed E-state index contributed by atoms with van der Waals surface area (Å²) in [6, 6.07) is 6.44. The molecule has 1 rings (SSSR count). The minimum atomic E-state index is -0.0182. The number of halogens is 1. The standard InChI is InChI=1S/C8H8ClO/c1-6-2-3-7(5-10)8(9)4-6/h3-4,10H,5H2,1H3. The Morgan fingerprint density at radius 1 is 1.70 bits per heavy atom. The average molecular weight is 156 g/mol. The maximum absolute atomic E-state index is 8.70. The quantitative estimate of drug-likeness (QED) is 0.657. The lowest BCUT2D eigenvalue weighted by atomic mass is 10.2. The van der Waals surface area contributed by atoms with E-state index in [1.165, 1.54) is 0 Å². The van der Waals surface area contributed by atoms with Crippen molar-refractivity contribution >= 4 is 11.6 Å². The van der Waals surface area contributed by atoms with Crippen LogP contribution in [0.3, 0.4) is 0 Å². The molecule has 0 bridgehead atoms. The van der Waals surface area contributed by atoms with E-state index in [9.17, 15) is 0 Å². The number of aliphatic hydroxyl groups is 1. The third-order valence-corrected chi connectivity index (χ3v) is 1.65. The molecular formula is C8H8ClO. The van der Waals surface area contributed by atoms with Gasteiger partial charge in [0.05, 0.1) is 6.61 Å². The maximum Gasteiger partial charge on any atom is 0.0696 e. The van der Waals surface area contributed by atoms with E-state index in [4.69, 9.17) is 16.7 Å². The zero-order chi connectivity index (χ0) is 7.56. The SMILES string of the molecule is Cc1[c]cc(CO)c(Cl)c1. The Kier molecular flexibility index (Phi) is 2.30. The summed E-state index contributed by atoms with van der Waals surface area (Å²) < 4.78 is 0. The molecule has 1 radical (unpaired) electrons. The van der Waals surface area contributed by atoms with Crippen LogP contribution >= 0.6 is 11.6 Å². The van der Waals surface area contributed by atoms with Crippen molar-refractivity contribution in [1.82, 2.24) is 0 Å². The van der Waals surface area contributed by atoms with Crippen LogP contribution in [0.25, 0.3) is 0 Å². The number of hydrogen-bond acceptors (Lipinski definition) is 1. The van der Waals surface area contributed by atoms with E-state index in [1.54, 1.807) is 12.1 Å². The van der Waals surface area contributed by atoms with Crippen LogP contribution in [0.5, 0.6) is 0 Å². The van der Waals surface area contributed by atoms with Gasteiger partial charge >= 0.3 is 0 Å². The van der Waals surface area contributed by atoms with Crippen molar-refractivity contribution in [3.8, 4) is 0 Å². The Balaban J connectivity index is 3.07. The topological polar surface area (TPSA) is 20.2 Å². The molecule has 10 heavy (non-hydrogen) atoms. The van der Waals surface area contributed by atoms with Crippen LogP contribution < -0.4 is 0 Å². The summed E-state index contributed by atoms with van der Waals surface area (Å²) in [5.41, 5.74) is 1.72. The lowest BCUT2D eigenvalue weighted by molar-refractivity contribution is 0.282. The third kappa shape index (κ3) is 1.49. The monoisotopic (exact) mass is 155 g/mol. The second kappa shape index (κ2) is 3.04. The molecule has 1 aromatic rings. The predicted molar refractivity (Wildman–Crippen MR) is 40.9 cm³/mol. The van der Waals surface area contributed by atoms with Gasteiger partial charge in [-0.15, -0.1) is 0 Å². The Bertz CT molecular complexity index is 233. The van der Waals surface area contributed by atoms with E-state index < -0.39 is 0 Å². The predicted octanol–water partition coefficient (Wildman–Crippen LogP) is 1.94. The minimum absolute atomic E-state index is 0.0182. The van der Waals surface area contributed by atoms with E-state index in [-0.39, 0.29) is 6.61 Å². The summed E-state index contributed by atoms with van der Waals surface area (Å²) >= 11 is 5.75. The van der Waals surface area contributed by atoms with Gasteiger partial charge in [0.2, 0.25) is 0 Å². The first-order valence-corrected chi connectivity index (χ1v) is 3.39. The van der Waals surface area contributed by atoms with Gasteiger partial charge in [0.15, 0.2) is 0 Å². The van der Waals surface area contributed by atoms with Crippen LogP contribution in [0.15, 0.2) is 12.1 Å². The molecule has 0 amide bonds. The second-order valence-electron chi connectivity index (χ2n) is 2.15. The molecule has 53 valence electrons. The van der Waals surface area contributed by atoms with Crippen molar-refractivity contribution in [3.63, 3.8) is 0 Å². The lowest BCUT2D eigenvalue weighted by Gasteiger charge is -1.99. The smallest absolute Gasteiger partial charge is 0.0696 e. The molecule has 0 aromatic heterocycles. The Labute approximate surface area is 65.3 Å². The van der Waals surface area contributed by atoms with Crippen molar-refractivity contribution in [1.29, 1.82) is 0 Å². The number of rotatable bonds is 1. The van der Waals surface area contributed by atoms with Gasteiger partial charge in [0.1, 0.15) is 0 Å². The van der Waals surface area contributed by atoms with Crippen LogP contribution in [0.2, 0.25) is 5.02 Å². The Morgan fingerprint density at radius 2 is 2.40 bits per heavy atom. The molecule has 0 aliphatic heterocycles. The fraction of sp³-hybridized carbons (Fsp3) is 0.250. The fourth-order valence-corrected chi connectivity index (χ4v) is 0.993. The summed E-state index contributed by atoms with van der Waals surface area (Å²) in [5.74, 6) is 0. The highest BCUT2D eigenvalue weighted by atomic mass is 35.5. The van der Waals surface area contributed by atoms with Gasteiger partial charge in [0, 0.05) is 5.02 Å². The van der Waals surface area contributed by atoms with E-state index >= 15 is 0 Å². The molecule has 0 unspecified atom stereocenters. The lowest BCUT2D eigenvalue weighted by Crippen LogP contribution is -1.84. The summed E-state index contributed by atoms with van der Waals surface area (Å²) in [7, 11) is 0. The zero-order valence-electron chi connectivity index (χ0n) is 5.69. The molecule has 0 atom stereocenters. The van der Waals surface area contributed by atoms with E-state index in [0.29, 0.717) is 5.02 Å². The number of hydrogen-bond donors (Lipinski definition) is 1. The van der Waals surface area contributed by atoms with E-state index in [0.717, 1.165) is 11.1 Å². The number of aryl methyl sites for hydroxylation is 1. The highest BCUT2D eigenvalue weighted by Gasteiger charge is 1.96. The third-order valence-electron chi connectivity index (χ3n) is 1.29. The molecule has 1 nitrogen and oxygen atoms in total.